The molecule has 2 N–H and O–H groups in total. The monoisotopic (exact) mass is 438 g/mol. The number of para-hydroxylation sites is 2. The van der Waals surface area contributed by atoms with Crippen molar-refractivity contribution in [3.8, 4) is 0 Å². The third-order valence-electron chi connectivity index (χ3n) is 3.82. The summed E-state index contributed by atoms with van der Waals surface area (Å²) in [5.41, 5.74) is 2.57. The molecule has 0 heterocycles. The normalized spacial score (nSPS) is 10.5. The van der Waals surface area contributed by atoms with Crippen molar-refractivity contribution in [3.05, 3.63) is 86.3 Å². The first-order valence-electron chi connectivity index (χ1n) is 7.98. The largest absolute Gasteiger partial charge is 0.353 e. The van der Waals surface area contributed by atoms with E-state index in [1.54, 1.807) is 36.4 Å². The van der Waals surface area contributed by atoms with Gasteiger partial charge in [-0.1, -0.05) is 76.7 Å². The van der Waals surface area contributed by atoms with E-state index in [9.17, 15) is 4.79 Å². The number of hydrogen-bond acceptors (Lipinski definition) is 2. The number of carbonyl (C=O) groups excluding carboxylic acids is 1. The van der Waals surface area contributed by atoms with Crippen molar-refractivity contribution in [2.45, 2.75) is 6.42 Å². The number of nitrogens with one attached hydrogen (secondary N) is 2. The molecule has 0 spiro atoms. The van der Waals surface area contributed by atoms with Gasteiger partial charge in [-0.3, -0.25) is 4.79 Å². The van der Waals surface area contributed by atoms with Gasteiger partial charge in [0.2, 0.25) is 5.91 Å². The number of rotatable bonds is 5. The van der Waals surface area contributed by atoms with E-state index in [0.717, 1.165) is 11.3 Å². The van der Waals surface area contributed by atoms with E-state index < -0.39 is 0 Å². The maximum absolute atomic E-state index is 12.5. The van der Waals surface area contributed by atoms with E-state index in [4.69, 9.17) is 46.4 Å². The molecule has 3 rings (SSSR count). The highest BCUT2D eigenvalue weighted by molar-refractivity contribution is 6.44. The topological polar surface area (TPSA) is 41.1 Å². The Kier molecular flexibility index (Phi) is 6.51. The van der Waals surface area contributed by atoms with Crippen LogP contribution in [0.4, 0.5) is 17.1 Å². The average Bonchev–Trinajstić information content (AvgIpc) is 2.63. The van der Waals surface area contributed by atoms with Crippen molar-refractivity contribution < 1.29 is 4.79 Å². The van der Waals surface area contributed by atoms with Crippen LogP contribution in [-0.4, -0.2) is 5.91 Å². The Morgan fingerprint density at radius 3 is 2.07 bits per heavy atom. The summed E-state index contributed by atoms with van der Waals surface area (Å²) in [6.45, 7) is 0. The van der Waals surface area contributed by atoms with Gasteiger partial charge in [-0.2, -0.15) is 0 Å². The van der Waals surface area contributed by atoms with E-state index in [0.29, 0.717) is 31.5 Å². The molecule has 0 aliphatic carbocycles. The first kappa shape index (κ1) is 19.8. The zero-order valence-corrected chi connectivity index (χ0v) is 16.9. The SMILES string of the molecule is O=C(Cc1ccccc1Nc1c(Cl)cccc1Cl)Nc1cccc(Cl)c1Cl. The van der Waals surface area contributed by atoms with Gasteiger partial charge in [0.1, 0.15) is 0 Å². The van der Waals surface area contributed by atoms with Crippen molar-refractivity contribution in [2.75, 3.05) is 10.6 Å². The van der Waals surface area contributed by atoms with Crippen molar-refractivity contribution in [1.82, 2.24) is 0 Å². The molecular formula is C20H14Cl4N2O. The van der Waals surface area contributed by atoms with E-state index >= 15 is 0 Å². The Balaban J connectivity index is 1.80. The molecule has 3 aromatic carbocycles. The molecule has 27 heavy (non-hydrogen) atoms. The molecule has 0 aliphatic rings. The van der Waals surface area contributed by atoms with Crippen LogP contribution in [0, 0.1) is 0 Å². The van der Waals surface area contributed by atoms with Crippen LogP contribution in [-0.2, 0) is 11.2 Å². The number of amides is 1. The van der Waals surface area contributed by atoms with E-state index in [1.807, 2.05) is 24.3 Å². The molecule has 0 atom stereocenters. The molecule has 3 nitrogen and oxygen atoms in total. The molecule has 1 amide bonds. The maximum atomic E-state index is 12.5. The second-order valence-electron chi connectivity index (χ2n) is 5.71. The highest BCUT2D eigenvalue weighted by Crippen LogP contribution is 2.34. The standard InChI is InChI=1S/C20H14Cl4N2O/c21-13-6-4-10-17(19(13)24)25-18(27)11-12-5-1-2-9-16(12)26-20-14(22)7-3-8-15(20)23/h1-10,26H,11H2,(H,25,27). The van der Waals surface area contributed by atoms with Crippen LogP contribution in [0.1, 0.15) is 5.56 Å². The van der Waals surface area contributed by atoms with Crippen molar-refractivity contribution in [1.29, 1.82) is 0 Å². The van der Waals surface area contributed by atoms with Gasteiger partial charge in [0, 0.05) is 5.69 Å². The fraction of sp³-hybridized carbons (Fsp3) is 0.0500. The van der Waals surface area contributed by atoms with Crippen LogP contribution in [0.5, 0.6) is 0 Å². The van der Waals surface area contributed by atoms with Gasteiger partial charge in [0.15, 0.2) is 0 Å². The molecule has 0 saturated carbocycles. The van der Waals surface area contributed by atoms with Crippen LogP contribution < -0.4 is 10.6 Å². The fourth-order valence-electron chi connectivity index (χ4n) is 2.52. The predicted molar refractivity (Wildman–Crippen MR) is 115 cm³/mol. The number of benzene rings is 3. The fourth-order valence-corrected chi connectivity index (χ4v) is 3.36. The van der Waals surface area contributed by atoms with Crippen molar-refractivity contribution in [2.24, 2.45) is 0 Å². The van der Waals surface area contributed by atoms with Gasteiger partial charge in [0.25, 0.3) is 0 Å². The summed E-state index contributed by atoms with van der Waals surface area (Å²) in [4.78, 5) is 12.5. The van der Waals surface area contributed by atoms with Gasteiger partial charge in [-0.25, -0.2) is 0 Å². The summed E-state index contributed by atoms with van der Waals surface area (Å²) in [6, 6.07) is 17.8. The van der Waals surface area contributed by atoms with Gasteiger partial charge in [-0.15, -0.1) is 0 Å². The minimum Gasteiger partial charge on any atom is -0.353 e. The van der Waals surface area contributed by atoms with Crippen LogP contribution in [0.15, 0.2) is 60.7 Å². The van der Waals surface area contributed by atoms with Gasteiger partial charge in [-0.05, 0) is 35.9 Å². The summed E-state index contributed by atoms with van der Waals surface area (Å²) in [5, 5.41) is 7.66. The molecule has 7 heteroatoms. The van der Waals surface area contributed by atoms with Crippen LogP contribution in [0.25, 0.3) is 0 Å². The lowest BCUT2D eigenvalue weighted by molar-refractivity contribution is -0.115. The van der Waals surface area contributed by atoms with Crippen molar-refractivity contribution in [3.63, 3.8) is 0 Å². The van der Waals surface area contributed by atoms with E-state index in [1.165, 1.54) is 0 Å². The number of carbonyl (C=O) groups is 1. The number of halogens is 4. The summed E-state index contributed by atoms with van der Waals surface area (Å²) in [7, 11) is 0. The average molecular weight is 440 g/mol. The first-order valence-corrected chi connectivity index (χ1v) is 9.49. The third kappa shape index (κ3) is 4.88. The van der Waals surface area contributed by atoms with Crippen molar-refractivity contribution >= 4 is 69.4 Å². The number of anilines is 3. The first-order chi connectivity index (χ1) is 13.0. The molecule has 0 bridgehead atoms. The highest BCUT2D eigenvalue weighted by atomic mass is 35.5. The molecule has 0 unspecified atom stereocenters. The third-order valence-corrected chi connectivity index (χ3v) is 5.27. The lowest BCUT2D eigenvalue weighted by Crippen LogP contribution is -2.15. The minimum absolute atomic E-state index is 0.133. The molecular weight excluding hydrogens is 426 g/mol. The molecule has 0 radical (unpaired) electrons. The summed E-state index contributed by atoms with van der Waals surface area (Å²) >= 11 is 24.6. The Labute approximate surface area is 177 Å². The quantitative estimate of drug-likeness (QED) is 0.440. The van der Waals surface area contributed by atoms with Crippen LogP contribution >= 0.6 is 46.4 Å². The predicted octanol–water partition coefficient (Wildman–Crippen LogP) is 7.23. The summed E-state index contributed by atoms with van der Waals surface area (Å²) < 4.78 is 0. The number of hydrogen-bond donors (Lipinski definition) is 2. The second-order valence-corrected chi connectivity index (χ2v) is 7.30. The zero-order chi connectivity index (χ0) is 19.4. The van der Waals surface area contributed by atoms with E-state index in [2.05, 4.69) is 10.6 Å². The maximum Gasteiger partial charge on any atom is 0.228 e. The molecule has 138 valence electrons. The van der Waals surface area contributed by atoms with Crippen LogP contribution in [0.3, 0.4) is 0 Å². The Morgan fingerprint density at radius 1 is 0.741 bits per heavy atom. The van der Waals surface area contributed by atoms with E-state index in [-0.39, 0.29) is 12.3 Å². The summed E-state index contributed by atoms with van der Waals surface area (Å²) in [6.07, 6.45) is 0.133. The smallest absolute Gasteiger partial charge is 0.228 e. The Bertz CT molecular complexity index is 971. The molecule has 0 aliphatic heterocycles. The zero-order valence-electron chi connectivity index (χ0n) is 13.9. The molecule has 0 fully saturated rings. The lowest BCUT2D eigenvalue weighted by atomic mass is 10.1. The molecule has 0 aromatic heterocycles. The highest BCUT2D eigenvalue weighted by Gasteiger charge is 2.13. The van der Waals surface area contributed by atoms with Gasteiger partial charge >= 0.3 is 0 Å². The van der Waals surface area contributed by atoms with Crippen LogP contribution in [0.2, 0.25) is 20.1 Å². The molecule has 3 aromatic rings. The van der Waals surface area contributed by atoms with Gasteiger partial charge < -0.3 is 10.6 Å². The second kappa shape index (κ2) is 8.85. The lowest BCUT2D eigenvalue weighted by Gasteiger charge is -2.15. The Hall–Kier alpha value is -1.91. The minimum atomic E-state index is -0.223. The van der Waals surface area contributed by atoms with Gasteiger partial charge in [0.05, 0.1) is 37.9 Å². The Morgan fingerprint density at radius 2 is 1.33 bits per heavy atom. The summed E-state index contributed by atoms with van der Waals surface area (Å²) in [5.74, 6) is -0.223. The molecule has 0 saturated heterocycles.